The molecule has 7 nitrogen and oxygen atoms in total. The number of thiophene rings is 1. The number of carbonyl (C=O) groups excluding carboxylic acids is 3. The Morgan fingerprint density at radius 1 is 1.30 bits per heavy atom. The molecule has 3 rings (SSSR count). The summed E-state index contributed by atoms with van der Waals surface area (Å²) in [5.41, 5.74) is 0.775. The number of nitrogens with one attached hydrogen (secondary N) is 1. The van der Waals surface area contributed by atoms with Crippen LogP contribution in [0.5, 0.6) is 0 Å². The highest BCUT2D eigenvalue weighted by Crippen LogP contribution is 2.39. The Labute approximate surface area is 160 Å². The van der Waals surface area contributed by atoms with Gasteiger partial charge in [-0.1, -0.05) is 6.92 Å². The number of aryl methyl sites for hydroxylation is 1. The molecule has 0 bridgehead atoms. The van der Waals surface area contributed by atoms with Crippen molar-refractivity contribution in [3.05, 3.63) is 28.8 Å². The quantitative estimate of drug-likeness (QED) is 0.724. The van der Waals surface area contributed by atoms with Gasteiger partial charge < -0.3 is 19.2 Å². The molecule has 2 aromatic heterocycles. The van der Waals surface area contributed by atoms with Crippen LogP contribution in [0.1, 0.15) is 36.4 Å². The Morgan fingerprint density at radius 3 is 2.63 bits per heavy atom. The van der Waals surface area contributed by atoms with E-state index in [4.69, 9.17) is 13.9 Å². The van der Waals surface area contributed by atoms with E-state index >= 15 is 0 Å². The summed E-state index contributed by atoms with van der Waals surface area (Å²) in [7, 11) is 0. The van der Waals surface area contributed by atoms with Crippen LogP contribution in [-0.4, -0.2) is 31.1 Å². The van der Waals surface area contributed by atoms with Gasteiger partial charge in [0, 0.05) is 10.9 Å². The Kier molecular flexibility index (Phi) is 5.65. The van der Waals surface area contributed by atoms with Crippen LogP contribution in [0.3, 0.4) is 0 Å². The van der Waals surface area contributed by atoms with Gasteiger partial charge in [0.1, 0.15) is 22.1 Å². The van der Waals surface area contributed by atoms with Gasteiger partial charge in [0.15, 0.2) is 6.61 Å². The molecule has 0 aliphatic heterocycles. The summed E-state index contributed by atoms with van der Waals surface area (Å²) in [4.78, 5) is 36.3. The molecule has 8 heteroatoms. The molecule has 0 unspecified atom stereocenters. The molecule has 1 amide bonds. The van der Waals surface area contributed by atoms with E-state index in [-0.39, 0.29) is 24.1 Å². The number of hydrogen-bond donors (Lipinski definition) is 1. The van der Waals surface area contributed by atoms with Crippen molar-refractivity contribution in [2.75, 3.05) is 18.5 Å². The molecule has 0 radical (unpaired) electrons. The highest BCUT2D eigenvalue weighted by atomic mass is 32.1. The topological polar surface area (TPSA) is 94.8 Å². The highest BCUT2D eigenvalue weighted by Gasteiger charge is 2.40. The van der Waals surface area contributed by atoms with Crippen LogP contribution in [0.25, 0.3) is 11.3 Å². The molecule has 2 aromatic rings. The Hall–Kier alpha value is -2.61. The molecule has 1 N–H and O–H groups in total. The zero-order chi connectivity index (χ0) is 19.6. The summed E-state index contributed by atoms with van der Waals surface area (Å²) in [6, 6.07) is 3.54. The van der Waals surface area contributed by atoms with Crippen molar-refractivity contribution in [1.29, 1.82) is 0 Å². The first-order valence-electron chi connectivity index (χ1n) is 8.72. The summed E-state index contributed by atoms with van der Waals surface area (Å²) in [5, 5.41) is 4.68. The van der Waals surface area contributed by atoms with Gasteiger partial charge in [-0.25, -0.2) is 4.79 Å². The number of ether oxygens (including phenoxy) is 2. The van der Waals surface area contributed by atoms with E-state index in [1.807, 2.05) is 6.92 Å². The second-order valence-electron chi connectivity index (χ2n) is 6.46. The molecule has 0 saturated heterocycles. The van der Waals surface area contributed by atoms with Crippen molar-refractivity contribution in [2.24, 2.45) is 11.8 Å². The summed E-state index contributed by atoms with van der Waals surface area (Å²) in [5.74, 6) is 0.00426. The van der Waals surface area contributed by atoms with Gasteiger partial charge in [-0.05, 0) is 38.3 Å². The van der Waals surface area contributed by atoms with Gasteiger partial charge in [0.25, 0.3) is 5.91 Å². The molecule has 2 atom stereocenters. The number of rotatable bonds is 7. The molecule has 0 spiro atoms. The first-order valence-corrected chi connectivity index (χ1v) is 9.60. The van der Waals surface area contributed by atoms with E-state index < -0.39 is 18.5 Å². The fourth-order valence-corrected chi connectivity index (χ4v) is 3.63. The van der Waals surface area contributed by atoms with Crippen LogP contribution in [0.15, 0.2) is 21.9 Å². The number of carbonyl (C=O) groups is 3. The lowest BCUT2D eigenvalue weighted by atomic mass is 10.1. The van der Waals surface area contributed by atoms with E-state index in [0.717, 1.165) is 6.42 Å². The first kappa shape index (κ1) is 19.2. The van der Waals surface area contributed by atoms with Gasteiger partial charge in [0.2, 0.25) is 0 Å². The van der Waals surface area contributed by atoms with Crippen molar-refractivity contribution in [2.45, 2.75) is 27.2 Å². The molecule has 1 saturated carbocycles. The maximum absolute atomic E-state index is 12.4. The average Bonchev–Trinajstić information content (AvgIpc) is 3.02. The lowest BCUT2D eigenvalue weighted by molar-refractivity contribution is -0.148. The Balaban J connectivity index is 1.74. The van der Waals surface area contributed by atoms with Crippen LogP contribution < -0.4 is 5.32 Å². The van der Waals surface area contributed by atoms with Crippen molar-refractivity contribution in [3.8, 4) is 11.3 Å². The van der Waals surface area contributed by atoms with Crippen LogP contribution in [-0.2, 0) is 19.1 Å². The largest absolute Gasteiger partial charge is 0.462 e. The van der Waals surface area contributed by atoms with Gasteiger partial charge in [-0.3, -0.25) is 9.59 Å². The van der Waals surface area contributed by atoms with Crippen LogP contribution in [0.2, 0.25) is 0 Å². The molecule has 1 fully saturated rings. The Morgan fingerprint density at radius 2 is 2.04 bits per heavy atom. The summed E-state index contributed by atoms with van der Waals surface area (Å²) >= 11 is 1.18. The summed E-state index contributed by atoms with van der Waals surface area (Å²) in [6.07, 6.45) is 0.796. The third-order valence-electron chi connectivity index (χ3n) is 4.29. The molecular weight excluding hydrogens is 370 g/mol. The predicted octanol–water partition coefficient (Wildman–Crippen LogP) is 3.63. The SMILES string of the molecule is CCOC(=O)c1c(-c2ccc(C)o2)csc1NC(=O)COC(=O)[C@@H]1C[C@H]1C. The van der Waals surface area contributed by atoms with Crippen molar-refractivity contribution < 1.29 is 28.3 Å². The zero-order valence-electron chi connectivity index (χ0n) is 15.4. The van der Waals surface area contributed by atoms with E-state index in [9.17, 15) is 14.4 Å². The van der Waals surface area contributed by atoms with E-state index in [0.29, 0.717) is 28.0 Å². The van der Waals surface area contributed by atoms with Gasteiger partial charge in [-0.15, -0.1) is 11.3 Å². The second kappa shape index (κ2) is 7.96. The maximum Gasteiger partial charge on any atom is 0.341 e. The minimum absolute atomic E-state index is 0.108. The number of anilines is 1. The number of hydrogen-bond acceptors (Lipinski definition) is 7. The van der Waals surface area contributed by atoms with E-state index in [1.165, 1.54) is 11.3 Å². The van der Waals surface area contributed by atoms with Crippen LogP contribution >= 0.6 is 11.3 Å². The molecule has 0 aromatic carbocycles. The Bertz CT molecular complexity index is 867. The minimum atomic E-state index is -0.554. The van der Waals surface area contributed by atoms with Crippen LogP contribution in [0.4, 0.5) is 5.00 Å². The third-order valence-corrected chi connectivity index (χ3v) is 5.18. The summed E-state index contributed by atoms with van der Waals surface area (Å²) in [6.45, 7) is 5.28. The smallest absolute Gasteiger partial charge is 0.341 e. The predicted molar refractivity (Wildman–Crippen MR) is 99.6 cm³/mol. The maximum atomic E-state index is 12.4. The fraction of sp³-hybridized carbons (Fsp3) is 0.421. The number of furan rings is 1. The molecule has 1 aliphatic carbocycles. The lowest BCUT2D eigenvalue weighted by Crippen LogP contribution is -2.22. The molecule has 144 valence electrons. The molecular formula is C19H21NO6S. The van der Waals surface area contributed by atoms with Gasteiger partial charge >= 0.3 is 11.9 Å². The van der Waals surface area contributed by atoms with Crippen LogP contribution in [0, 0.1) is 18.8 Å². The minimum Gasteiger partial charge on any atom is -0.462 e. The summed E-state index contributed by atoms with van der Waals surface area (Å²) < 4.78 is 15.7. The average molecular weight is 391 g/mol. The number of amides is 1. The van der Waals surface area contributed by atoms with Crippen molar-refractivity contribution >= 4 is 34.2 Å². The van der Waals surface area contributed by atoms with Crippen molar-refractivity contribution in [3.63, 3.8) is 0 Å². The zero-order valence-corrected chi connectivity index (χ0v) is 16.2. The normalized spacial score (nSPS) is 18.0. The lowest BCUT2D eigenvalue weighted by Gasteiger charge is -2.08. The third kappa shape index (κ3) is 4.39. The first-order chi connectivity index (χ1) is 12.9. The molecule has 2 heterocycles. The monoisotopic (exact) mass is 391 g/mol. The standard InChI is InChI=1S/C19H21NO6S/c1-4-24-19(23)16-13(14-6-5-11(3)26-14)9-27-17(16)20-15(21)8-25-18(22)12-7-10(12)2/h5-6,9-10,12H,4,7-8H2,1-3H3,(H,20,21)/t10-,12-/m1/s1. The number of esters is 2. The van der Waals surface area contributed by atoms with Gasteiger partial charge in [0.05, 0.1) is 12.5 Å². The molecule has 27 heavy (non-hydrogen) atoms. The van der Waals surface area contributed by atoms with Gasteiger partial charge in [-0.2, -0.15) is 0 Å². The molecule has 1 aliphatic rings. The fourth-order valence-electron chi connectivity index (χ4n) is 2.67. The second-order valence-corrected chi connectivity index (χ2v) is 7.34. The van der Waals surface area contributed by atoms with E-state index in [2.05, 4.69) is 5.32 Å². The van der Waals surface area contributed by atoms with Crippen molar-refractivity contribution in [1.82, 2.24) is 0 Å². The highest BCUT2D eigenvalue weighted by molar-refractivity contribution is 7.15. The van der Waals surface area contributed by atoms with E-state index in [1.54, 1.807) is 31.4 Å².